The van der Waals surface area contributed by atoms with Crippen molar-refractivity contribution in [2.45, 2.75) is 26.4 Å². The van der Waals surface area contributed by atoms with Crippen molar-refractivity contribution in [3.8, 4) is 0 Å². The fourth-order valence-electron chi connectivity index (χ4n) is 2.49. The van der Waals surface area contributed by atoms with Gasteiger partial charge in [0.2, 0.25) is 5.95 Å². The van der Waals surface area contributed by atoms with E-state index >= 15 is 0 Å². The first kappa shape index (κ1) is 17.2. The smallest absolute Gasteiger partial charge is 0.249 e. The van der Waals surface area contributed by atoms with Crippen LogP contribution in [0.1, 0.15) is 19.4 Å². The van der Waals surface area contributed by atoms with Crippen molar-refractivity contribution in [1.29, 1.82) is 0 Å². The molecule has 0 saturated heterocycles. The molecule has 0 amide bonds. The summed E-state index contributed by atoms with van der Waals surface area (Å²) in [5.74, 6) is 1.22. The molecule has 3 rings (SSSR count). The van der Waals surface area contributed by atoms with Gasteiger partial charge in [0, 0.05) is 23.3 Å². The van der Waals surface area contributed by atoms with Crippen molar-refractivity contribution in [2.75, 3.05) is 10.2 Å². The fraction of sp³-hybridized carbons (Fsp3) is 0.211. The van der Waals surface area contributed by atoms with Crippen LogP contribution in [-0.4, -0.2) is 21.2 Å². The second-order valence-corrected chi connectivity index (χ2v) is 6.42. The molecule has 1 N–H and O–H groups in total. The van der Waals surface area contributed by atoms with E-state index in [0.29, 0.717) is 11.0 Å². The molecule has 0 atom stereocenters. The molecule has 128 valence electrons. The van der Waals surface area contributed by atoms with Gasteiger partial charge in [0.25, 0.3) is 0 Å². The lowest BCUT2D eigenvalue weighted by molar-refractivity contribution is 0.668. The van der Waals surface area contributed by atoms with Gasteiger partial charge in [-0.15, -0.1) is 5.10 Å². The molecule has 1 heterocycles. The van der Waals surface area contributed by atoms with Gasteiger partial charge in [-0.1, -0.05) is 48.0 Å². The molecule has 0 aliphatic carbocycles. The van der Waals surface area contributed by atoms with Crippen LogP contribution >= 0.6 is 11.6 Å². The van der Waals surface area contributed by atoms with Crippen LogP contribution in [0.3, 0.4) is 0 Å². The number of rotatable bonds is 6. The fourth-order valence-corrected chi connectivity index (χ4v) is 2.68. The normalized spacial score (nSPS) is 10.7. The summed E-state index contributed by atoms with van der Waals surface area (Å²) < 4.78 is 0. The average Bonchev–Trinajstić information content (AvgIpc) is 2.60. The molecule has 0 fully saturated rings. The molecule has 25 heavy (non-hydrogen) atoms. The molecule has 2 aromatic carbocycles. The van der Waals surface area contributed by atoms with Crippen molar-refractivity contribution < 1.29 is 0 Å². The summed E-state index contributed by atoms with van der Waals surface area (Å²) in [4.78, 5) is 6.80. The molecule has 0 aliphatic heterocycles. The molecular formula is C19H20ClN5. The number of hydrogen-bond donors (Lipinski definition) is 1. The number of nitrogens with zero attached hydrogens (tertiary/aromatic N) is 4. The summed E-state index contributed by atoms with van der Waals surface area (Å²) in [6.07, 6.45) is 1.69. The molecule has 0 aliphatic rings. The van der Waals surface area contributed by atoms with Crippen LogP contribution in [0.15, 0.2) is 60.8 Å². The maximum Gasteiger partial charge on any atom is 0.249 e. The van der Waals surface area contributed by atoms with E-state index in [1.54, 1.807) is 6.20 Å². The minimum absolute atomic E-state index is 0.274. The van der Waals surface area contributed by atoms with Crippen LogP contribution in [0.5, 0.6) is 0 Å². The van der Waals surface area contributed by atoms with E-state index in [1.807, 2.05) is 42.5 Å². The predicted molar refractivity (Wildman–Crippen MR) is 102 cm³/mol. The van der Waals surface area contributed by atoms with Crippen LogP contribution < -0.4 is 10.2 Å². The molecule has 6 heteroatoms. The summed E-state index contributed by atoms with van der Waals surface area (Å²) in [5.41, 5.74) is 2.05. The highest BCUT2D eigenvalue weighted by molar-refractivity contribution is 6.30. The van der Waals surface area contributed by atoms with Gasteiger partial charge in [0.15, 0.2) is 5.82 Å². The first-order valence-corrected chi connectivity index (χ1v) is 8.52. The Morgan fingerprint density at radius 3 is 2.60 bits per heavy atom. The number of aromatic nitrogens is 3. The highest BCUT2D eigenvalue weighted by Crippen LogP contribution is 2.21. The number of anilines is 3. The van der Waals surface area contributed by atoms with Crippen molar-refractivity contribution >= 4 is 29.1 Å². The zero-order valence-corrected chi connectivity index (χ0v) is 15.0. The second-order valence-electron chi connectivity index (χ2n) is 5.98. The predicted octanol–water partition coefficient (Wildman–Crippen LogP) is 4.68. The Hall–Kier alpha value is -2.66. The highest BCUT2D eigenvalue weighted by atomic mass is 35.5. The summed E-state index contributed by atoms with van der Waals surface area (Å²) in [7, 11) is 0. The minimum Gasteiger partial charge on any atom is -0.348 e. The number of benzene rings is 2. The van der Waals surface area contributed by atoms with Crippen molar-refractivity contribution in [3.05, 3.63) is 71.4 Å². The number of hydrogen-bond acceptors (Lipinski definition) is 5. The molecule has 3 aromatic rings. The van der Waals surface area contributed by atoms with E-state index in [-0.39, 0.29) is 6.04 Å². The molecule has 5 nitrogen and oxygen atoms in total. The second kappa shape index (κ2) is 7.94. The average molecular weight is 354 g/mol. The van der Waals surface area contributed by atoms with Gasteiger partial charge in [-0.25, -0.2) is 0 Å². The topological polar surface area (TPSA) is 53.9 Å². The summed E-state index contributed by atoms with van der Waals surface area (Å²) in [5, 5.41) is 12.0. The maximum absolute atomic E-state index is 6.02. The lowest BCUT2D eigenvalue weighted by atomic mass is 10.2. The van der Waals surface area contributed by atoms with Gasteiger partial charge in [-0.05, 0) is 37.6 Å². The van der Waals surface area contributed by atoms with E-state index in [4.69, 9.17) is 11.6 Å². The third-order valence-electron chi connectivity index (χ3n) is 3.74. The third kappa shape index (κ3) is 4.67. The molecule has 0 bridgehead atoms. The van der Waals surface area contributed by atoms with Crippen molar-refractivity contribution in [3.63, 3.8) is 0 Å². The van der Waals surface area contributed by atoms with Gasteiger partial charge < -0.3 is 10.2 Å². The van der Waals surface area contributed by atoms with Gasteiger partial charge in [-0.3, -0.25) is 0 Å². The minimum atomic E-state index is 0.274. The first-order chi connectivity index (χ1) is 12.1. The molecule has 0 spiro atoms. The van der Waals surface area contributed by atoms with Crippen LogP contribution in [0.4, 0.5) is 17.5 Å². The third-order valence-corrected chi connectivity index (χ3v) is 3.98. The van der Waals surface area contributed by atoms with Crippen molar-refractivity contribution in [1.82, 2.24) is 15.2 Å². The molecule has 0 radical (unpaired) electrons. The van der Waals surface area contributed by atoms with Crippen LogP contribution in [0, 0.1) is 0 Å². The van der Waals surface area contributed by atoms with Crippen LogP contribution in [0.2, 0.25) is 5.02 Å². The Balaban J connectivity index is 1.82. The highest BCUT2D eigenvalue weighted by Gasteiger charge is 2.14. The van der Waals surface area contributed by atoms with Crippen LogP contribution in [0.25, 0.3) is 0 Å². The van der Waals surface area contributed by atoms with E-state index in [1.165, 1.54) is 5.56 Å². The summed E-state index contributed by atoms with van der Waals surface area (Å²) >= 11 is 6.02. The van der Waals surface area contributed by atoms with Gasteiger partial charge in [0.1, 0.15) is 0 Å². The zero-order valence-electron chi connectivity index (χ0n) is 14.2. The number of nitrogens with one attached hydrogen (secondary N) is 1. The lowest BCUT2D eigenvalue weighted by Crippen LogP contribution is -2.31. The Kier molecular flexibility index (Phi) is 5.46. The molecular weight excluding hydrogens is 334 g/mol. The molecule has 0 saturated carbocycles. The SMILES string of the molecule is CC(C)N(Cc1ccccc1)c1cnnc(Nc2cccc(Cl)c2)n1. The standard InChI is InChI=1S/C19H20ClN5/c1-14(2)25(13-15-7-4-3-5-8-15)18-12-21-24-19(23-18)22-17-10-6-9-16(20)11-17/h3-12,14H,13H2,1-2H3,(H,22,23,24). The summed E-state index contributed by atoms with van der Waals surface area (Å²) in [6, 6.07) is 18.0. The van der Waals surface area contributed by atoms with E-state index < -0.39 is 0 Å². The van der Waals surface area contributed by atoms with Crippen LogP contribution in [-0.2, 0) is 6.54 Å². The van der Waals surface area contributed by atoms with E-state index in [9.17, 15) is 0 Å². The zero-order chi connectivity index (χ0) is 17.6. The van der Waals surface area contributed by atoms with Crippen molar-refractivity contribution in [2.24, 2.45) is 0 Å². The largest absolute Gasteiger partial charge is 0.348 e. The quantitative estimate of drug-likeness (QED) is 0.697. The maximum atomic E-state index is 6.02. The monoisotopic (exact) mass is 353 g/mol. The Morgan fingerprint density at radius 2 is 1.88 bits per heavy atom. The van der Waals surface area contributed by atoms with Gasteiger partial charge in [0.05, 0.1) is 6.20 Å². The van der Waals surface area contributed by atoms with E-state index in [2.05, 4.69) is 51.4 Å². The van der Waals surface area contributed by atoms with Gasteiger partial charge >= 0.3 is 0 Å². The molecule has 1 aromatic heterocycles. The Labute approximate surface area is 152 Å². The first-order valence-electron chi connectivity index (χ1n) is 8.15. The summed E-state index contributed by atoms with van der Waals surface area (Å²) in [6.45, 7) is 5.03. The van der Waals surface area contributed by atoms with Gasteiger partial charge in [-0.2, -0.15) is 10.1 Å². The van der Waals surface area contributed by atoms with E-state index in [0.717, 1.165) is 18.1 Å². The lowest BCUT2D eigenvalue weighted by Gasteiger charge is -2.27. The number of halogens is 1. The Bertz CT molecular complexity index is 823. The Morgan fingerprint density at radius 1 is 1.08 bits per heavy atom. The molecule has 0 unspecified atom stereocenters.